The Kier molecular flexibility index (Phi) is 7.88. The molecule has 1 aliphatic heterocycles. The van der Waals surface area contributed by atoms with Crippen LogP contribution in [0, 0.1) is 0 Å². The second kappa shape index (κ2) is 10.7. The summed E-state index contributed by atoms with van der Waals surface area (Å²) in [6, 6.07) is 11.3. The minimum absolute atomic E-state index is 0.131. The van der Waals surface area contributed by atoms with Crippen LogP contribution >= 0.6 is 27.3 Å². The predicted molar refractivity (Wildman–Crippen MR) is 134 cm³/mol. The molecule has 2 heterocycles. The van der Waals surface area contributed by atoms with Crippen molar-refractivity contribution in [3.8, 4) is 5.75 Å². The molecule has 1 aromatic heterocycles. The molecular weight excluding hydrogens is 542 g/mol. The second-order valence-electron chi connectivity index (χ2n) is 7.74. The number of benzene rings is 2. The standard InChI is InChI=1S/C23H26BrN3O5S2/c1-3-32-14-13-26-19-11-6-16(24)15-21(19)33-23(26)25-22(28)20-5-4-12-27(20)34(29,30)18-9-7-17(31-2)8-10-18/h6-11,15,20H,3-5,12-14H2,1-2H3. The first-order valence-corrected chi connectivity index (χ1v) is 14.0. The zero-order valence-corrected chi connectivity index (χ0v) is 22.2. The molecule has 182 valence electrons. The first kappa shape index (κ1) is 25.1. The summed E-state index contributed by atoms with van der Waals surface area (Å²) in [6.45, 7) is 3.84. The van der Waals surface area contributed by atoms with Gasteiger partial charge in [0.1, 0.15) is 11.8 Å². The number of methoxy groups -OCH3 is 1. The molecule has 4 rings (SSSR count). The van der Waals surface area contributed by atoms with Gasteiger partial charge in [0.05, 0.1) is 28.8 Å². The highest BCUT2D eigenvalue weighted by molar-refractivity contribution is 9.10. The van der Waals surface area contributed by atoms with Crippen molar-refractivity contribution in [2.45, 2.75) is 37.2 Å². The lowest BCUT2D eigenvalue weighted by molar-refractivity contribution is -0.121. The normalized spacial score (nSPS) is 17.5. The van der Waals surface area contributed by atoms with E-state index in [1.807, 2.05) is 29.7 Å². The van der Waals surface area contributed by atoms with Crippen LogP contribution in [0.4, 0.5) is 0 Å². The number of amides is 1. The van der Waals surface area contributed by atoms with E-state index in [2.05, 4.69) is 20.9 Å². The van der Waals surface area contributed by atoms with Crippen LogP contribution in [0.25, 0.3) is 10.2 Å². The molecule has 0 saturated carbocycles. The molecule has 1 atom stereocenters. The number of thiazole rings is 1. The van der Waals surface area contributed by atoms with E-state index < -0.39 is 22.0 Å². The van der Waals surface area contributed by atoms with Crippen LogP contribution < -0.4 is 9.54 Å². The molecule has 11 heteroatoms. The highest BCUT2D eigenvalue weighted by atomic mass is 79.9. The summed E-state index contributed by atoms with van der Waals surface area (Å²) in [5.41, 5.74) is 0.952. The average Bonchev–Trinajstić information content (AvgIpc) is 3.45. The van der Waals surface area contributed by atoms with Gasteiger partial charge in [0.25, 0.3) is 5.91 Å². The van der Waals surface area contributed by atoms with Gasteiger partial charge in [-0.3, -0.25) is 4.79 Å². The molecule has 1 saturated heterocycles. The zero-order chi connectivity index (χ0) is 24.3. The lowest BCUT2D eigenvalue weighted by atomic mass is 10.2. The maximum absolute atomic E-state index is 13.3. The molecule has 0 spiro atoms. The molecule has 0 aliphatic carbocycles. The van der Waals surface area contributed by atoms with E-state index in [4.69, 9.17) is 9.47 Å². The van der Waals surface area contributed by atoms with Crippen molar-refractivity contribution in [2.24, 2.45) is 4.99 Å². The largest absolute Gasteiger partial charge is 0.497 e. The van der Waals surface area contributed by atoms with Gasteiger partial charge < -0.3 is 14.0 Å². The molecule has 8 nitrogen and oxygen atoms in total. The van der Waals surface area contributed by atoms with Crippen LogP contribution in [0.1, 0.15) is 19.8 Å². The fourth-order valence-corrected chi connectivity index (χ4v) is 7.24. The third-order valence-electron chi connectivity index (χ3n) is 5.67. The van der Waals surface area contributed by atoms with Gasteiger partial charge in [-0.1, -0.05) is 27.3 Å². The number of fused-ring (bicyclic) bond motifs is 1. The molecule has 0 N–H and O–H groups in total. The number of carbonyl (C=O) groups excluding carboxylic acids is 1. The Morgan fingerprint density at radius 1 is 1.24 bits per heavy atom. The smallest absolute Gasteiger partial charge is 0.266 e. The van der Waals surface area contributed by atoms with E-state index in [-0.39, 0.29) is 11.4 Å². The van der Waals surface area contributed by atoms with Crippen molar-refractivity contribution in [1.29, 1.82) is 0 Å². The van der Waals surface area contributed by atoms with Crippen LogP contribution in [0.15, 0.2) is 56.8 Å². The molecule has 34 heavy (non-hydrogen) atoms. The number of hydrogen-bond acceptors (Lipinski definition) is 6. The Balaban J connectivity index is 1.68. The second-order valence-corrected chi connectivity index (χ2v) is 11.6. The quantitative estimate of drug-likeness (QED) is 0.386. The highest BCUT2D eigenvalue weighted by Crippen LogP contribution is 2.28. The first-order chi connectivity index (χ1) is 16.3. The van der Waals surface area contributed by atoms with Crippen LogP contribution in [-0.2, 0) is 26.1 Å². The molecule has 1 unspecified atom stereocenters. The fourth-order valence-electron chi connectivity index (χ4n) is 3.98. The maximum atomic E-state index is 13.3. The Bertz CT molecular complexity index is 1350. The topological polar surface area (TPSA) is 90.2 Å². The van der Waals surface area contributed by atoms with Gasteiger partial charge >= 0.3 is 0 Å². The minimum atomic E-state index is -3.84. The number of ether oxygens (including phenoxy) is 2. The van der Waals surface area contributed by atoms with E-state index in [0.29, 0.717) is 43.2 Å². The van der Waals surface area contributed by atoms with Crippen LogP contribution in [0.3, 0.4) is 0 Å². The van der Waals surface area contributed by atoms with Gasteiger partial charge in [0, 0.05) is 24.2 Å². The van der Waals surface area contributed by atoms with Crippen LogP contribution in [0.5, 0.6) is 5.75 Å². The summed E-state index contributed by atoms with van der Waals surface area (Å²) in [6.07, 6.45) is 1.04. The van der Waals surface area contributed by atoms with Crippen molar-refractivity contribution in [1.82, 2.24) is 8.87 Å². The van der Waals surface area contributed by atoms with Crippen molar-refractivity contribution >= 4 is 53.4 Å². The zero-order valence-electron chi connectivity index (χ0n) is 18.9. The molecule has 0 radical (unpaired) electrons. The summed E-state index contributed by atoms with van der Waals surface area (Å²) in [4.78, 5) is 18.4. The van der Waals surface area contributed by atoms with E-state index in [9.17, 15) is 13.2 Å². The Hall–Kier alpha value is -2.05. The third-order valence-corrected chi connectivity index (χ3v) is 9.13. The van der Waals surface area contributed by atoms with Gasteiger partial charge in [-0.2, -0.15) is 9.30 Å². The van der Waals surface area contributed by atoms with Crippen LogP contribution in [-0.4, -0.2) is 56.1 Å². The van der Waals surface area contributed by atoms with Crippen molar-refractivity contribution < 1.29 is 22.7 Å². The number of sulfonamides is 1. The van der Waals surface area contributed by atoms with Crippen molar-refractivity contribution in [2.75, 3.05) is 26.9 Å². The number of halogens is 1. The van der Waals surface area contributed by atoms with E-state index in [0.717, 1.165) is 14.7 Å². The molecule has 2 aromatic carbocycles. The van der Waals surface area contributed by atoms with E-state index in [1.165, 1.54) is 34.9 Å². The fraction of sp³-hybridized carbons (Fsp3) is 0.391. The molecule has 3 aromatic rings. The van der Waals surface area contributed by atoms with Crippen molar-refractivity contribution in [3.63, 3.8) is 0 Å². The minimum Gasteiger partial charge on any atom is -0.497 e. The van der Waals surface area contributed by atoms with Crippen molar-refractivity contribution in [3.05, 3.63) is 51.7 Å². The third kappa shape index (κ3) is 5.13. The molecule has 1 aliphatic rings. The summed E-state index contributed by atoms with van der Waals surface area (Å²) in [7, 11) is -2.32. The molecular formula is C23H26BrN3O5S2. The Morgan fingerprint density at radius 2 is 2.00 bits per heavy atom. The maximum Gasteiger partial charge on any atom is 0.266 e. The van der Waals surface area contributed by atoms with Gasteiger partial charge in [-0.05, 0) is 62.2 Å². The number of carbonyl (C=O) groups is 1. The lowest BCUT2D eigenvalue weighted by Gasteiger charge is -2.21. The monoisotopic (exact) mass is 567 g/mol. The first-order valence-electron chi connectivity index (χ1n) is 11.0. The molecule has 1 fully saturated rings. The summed E-state index contributed by atoms with van der Waals surface area (Å²) in [5, 5.41) is 0. The number of hydrogen-bond donors (Lipinski definition) is 0. The van der Waals surface area contributed by atoms with E-state index in [1.54, 1.807) is 12.1 Å². The number of rotatable bonds is 8. The van der Waals surface area contributed by atoms with Crippen LogP contribution in [0.2, 0.25) is 0 Å². The van der Waals surface area contributed by atoms with Gasteiger partial charge in [-0.25, -0.2) is 8.42 Å². The Labute approximate surface area is 211 Å². The van der Waals surface area contributed by atoms with E-state index >= 15 is 0 Å². The summed E-state index contributed by atoms with van der Waals surface area (Å²) < 4.78 is 42.4. The summed E-state index contributed by atoms with van der Waals surface area (Å²) >= 11 is 4.89. The highest BCUT2D eigenvalue weighted by Gasteiger charge is 2.39. The van der Waals surface area contributed by atoms with Gasteiger partial charge in [0.15, 0.2) is 4.80 Å². The molecule has 0 bridgehead atoms. The summed E-state index contributed by atoms with van der Waals surface area (Å²) in [5.74, 6) is 0.112. The average molecular weight is 569 g/mol. The SMILES string of the molecule is CCOCCn1c(=NC(=O)C2CCCN2S(=O)(=O)c2ccc(OC)cc2)sc2cc(Br)ccc21. The number of aromatic nitrogens is 1. The van der Waals surface area contributed by atoms with Gasteiger partial charge in [-0.15, -0.1) is 0 Å². The number of nitrogens with zero attached hydrogens (tertiary/aromatic N) is 3. The molecule has 1 amide bonds. The Morgan fingerprint density at radius 3 is 2.71 bits per heavy atom. The lowest BCUT2D eigenvalue weighted by Crippen LogP contribution is -2.40. The predicted octanol–water partition coefficient (Wildman–Crippen LogP) is 3.79. The van der Waals surface area contributed by atoms with Gasteiger partial charge in [0.2, 0.25) is 10.0 Å².